The maximum atomic E-state index is 13.7. The van der Waals surface area contributed by atoms with Gasteiger partial charge in [-0.3, -0.25) is 9.59 Å². The summed E-state index contributed by atoms with van der Waals surface area (Å²) in [6.07, 6.45) is 1.13. The Hall–Kier alpha value is -2.32. The lowest BCUT2D eigenvalue weighted by molar-refractivity contribution is -0.131. The number of aromatic hydroxyl groups is 1. The number of hydrogen-bond donors (Lipinski definition) is 2. The molecule has 2 N–H and O–H groups in total. The van der Waals surface area contributed by atoms with Crippen molar-refractivity contribution < 1.29 is 24.2 Å². The van der Waals surface area contributed by atoms with E-state index in [0.717, 1.165) is 23.4 Å². The molecule has 1 unspecified atom stereocenters. The van der Waals surface area contributed by atoms with Crippen molar-refractivity contribution in [3.05, 3.63) is 44.7 Å². The van der Waals surface area contributed by atoms with E-state index in [9.17, 15) is 14.7 Å². The van der Waals surface area contributed by atoms with E-state index in [2.05, 4.69) is 35.1 Å². The van der Waals surface area contributed by atoms with Crippen molar-refractivity contribution in [3.8, 4) is 11.5 Å². The summed E-state index contributed by atoms with van der Waals surface area (Å²) in [5.41, 5.74) is 3.37. The van der Waals surface area contributed by atoms with Crippen molar-refractivity contribution in [1.82, 2.24) is 10.2 Å². The number of Topliss-reactive ketones (excluding diaryl/α,β-unsaturated/α-hetero) is 1. The first-order valence-electron chi connectivity index (χ1n) is 10.8. The van der Waals surface area contributed by atoms with E-state index in [-0.39, 0.29) is 28.6 Å². The zero-order valence-corrected chi connectivity index (χ0v) is 20.5. The number of amides is 1. The van der Waals surface area contributed by atoms with Gasteiger partial charge in [0, 0.05) is 48.0 Å². The standard InChI is InChI=1S/C24H29BrN2O5/c1-13-19(23(30)27-5-7-32-8-6-27)20(14-9-15(25)22(29)18(10-14)31-4)21-16(26-13)11-24(2,3)12-17(21)28/h9-10,20,26,29H,5-8,11-12H2,1-4H3. The number of ketones is 1. The van der Waals surface area contributed by atoms with Crippen molar-refractivity contribution >= 4 is 27.6 Å². The molecule has 3 aliphatic rings. The number of halogens is 1. The molecule has 1 aliphatic carbocycles. The number of allylic oxidation sites excluding steroid dienone is 3. The molecule has 8 heteroatoms. The molecular weight excluding hydrogens is 476 g/mol. The number of hydrogen-bond acceptors (Lipinski definition) is 6. The molecule has 1 aromatic carbocycles. The van der Waals surface area contributed by atoms with Gasteiger partial charge in [-0.2, -0.15) is 0 Å². The molecule has 4 rings (SSSR count). The fourth-order valence-corrected chi connectivity index (χ4v) is 5.37. The van der Waals surface area contributed by atoms with Gasteiger partial charge in [0.25, 0.3) is 5.91 Å². The normalized spacial score (nSPS) is 23.1. The van der Waals surface area contributed by atoms with Gasteiger partial charge in [0.05, 0.1) is 24.8 Å². The van der Waals surface area contributed by atoms with Crippen LogP contribution in [0.15, 0.2) is 39.1 Å². The Labute approximate surface area is 196 Å². The van der Waals surface area contributed by atoms with E-state index in [1.54, 1.807) is 17.0 Å². The fraction of sp³-hybridized carbons (Fsp3) is 0.500. The second kappa shape index (κ2) is 8.56. The van der Waals surface area contributed by atoms with E-state index < -0.39 is 5.92 Å². The third-order valence-electron chi connectivity index (χ3n) is 6.37. The van der Waals surface area contributed by atoms with Crippen LogP contribution in [0.5, 0.6) is 11.5 Å². The zero-order valence-electron chi connectivity index (χ0n) is 18.9. The van der Waals surface area contributed by atoms with Crippen LogP contribution in [-0.4, -0.2) is 55.1 Å². The van der Waals surface area contributed by atoms with Crippen LogP contribution in [0.1, 0.15) is 45.1 Å². The van der Waals surface area contributed by atoms with Crippen LogP contribution < -0.4 is 10.1 Å². The minimum absolute atomic E-state index is 0.0164. The van der Waals surface area contributed by atoms with Gasteiger partial charge >= 0.3 is 0 Å². The first-order chi connectivity index (χ1) is 15.1. The monoisotopic (exact) mass is 504 g/mol. The number of methoxy groups -OCH3 is 1. The zero-order chi connectivity index (χ0) is 23.2. The van der Waals surface area contributed by atoms with Crippen LogP contribution in [0.3, 0.4) is 0 Å². The molecule has 172 valence electrons. The summed E-state index contributed by atoms with van der Waals surface area (Å²) in [4.78, 5) is 28.9. The molecule has 0 spiro atoms. The second-order valence-electron chi connectivity index (χ2n) is 9.39. The number of nitrogens with one attached hydrogen (secondary N) is 1. The molecule has 0 bridgehead atoms. The minimum Gasteiger partial charge on any atom is -0.503 e. The number of phenols is 1. The quantitative estimate of drug-likeness (QED) is 0.653. The highest BCUT2D eigenvalue weighted by molar-refractivity contribution is 9.10. The molecule has 2 heterocycles. The Kier molecular flexibility index (Phi) is 6.11. The molecule has 0 radical (unpaired) electrons. The molecule has 1 aromatic rings. The molecule has 2 aliphatic heterocycles. The topological polar surface area (TPSA) is 88.1 Å². The predicted molar refractivity (Wildman–Crippen MR) is 123 cm³/mol. The van der Waals surface area contributed by atoms with Crippen LogP contribution >= 0.6 is 15.9 Å². The molecule has 1 amide bonds. The number of dihydropyridines is 1. The van der Waals surface area contributed by atoms with Crippen molar-refractivity contribution in [2.24, 2.45) is 5.41 Å². The van der Waals surface area contributed by atoms with E-state index in [0.29, 0.717) is 48.3 Å². The number of morpholine rings is 1. The van der Waals surface area contributed by atoms with Gasteiger partial charge in [-0.05, 0) is 52.4 Å². The summed E-state index contributed by atoms with van der Waals surface area (Å²) in [7, 11) is 1.48. The van der Waals surface area contributed by atoms with E-state index in [1.807, 2.05) is 6.92 Å². The van der Waals surface area contributed by atoms with E-state index >= 15 is 0 Å². The number of phenolic OH excluding ortho intramolecular Hbond substituents is 1. The summed E-state index contributed by atoms with van der Waals surface area (Å²) in [6, 6.07) is 3.49. The first kappa shape index (κ1) is 22.9. The van der Waals surface area contributed by atoms with Crippen molar-refractivity contribution in [2.75, 3.05) is 33.4 Å². The highest BCUT2D eigenvalue weighted by atomic mass is 79.9. The molecule has 0 aromatic heterocycles. The highest BCUT2D eigenvalue weighted by Gasteiger charge is 2.44. The molecule has 1 saturated heterocycles. The lowest BCUT2D eigenvalue weighted by atomic mass is 9.68. The maximum absolute atomic E-state index is 13.7. The van der Waals surface area contributed by atoms with E-state index in [4.69, 9.17) is 9.47 Å². The van der Waals surface area contributed by atoms with E-state index in [1.165, 1.54) is 7.11 Å². The lowest BCUT2D eigenvalue weighted by Crippen LogP contribution is -2.45. The summed E-state index contributed by atoms with van der Waals surface area (Å²) >= 11 is 3.40. The Morgan fingerprint density at radius 3 is 2.62 bits per heavy atom. The van der Waals surface area contributed by atoms with Crippen LogP contribution in [0.2, 0.25) is 0 Å². The van der Waals surface area contributed by atoms with Gasteiger partial charge in [-0.25, -0.2) is 0 Å². The van der Waals surface area contributed by atoms with Gasteiger partial charge in [0.1, 0.15) is 0 Å². The second-order valence-corrected chi connectivity index (χ2v) is 10.2. The molecule has 7 nitrogen and oxygen atoms in total. The maximum Gasteiger partial charge on any atom is 0.252 e. The number of ether oxygens (including phenoxy) is 2. The Balaban J connectivity index is 1.89. The smallest absolute Gasteiger partial charge is 0.252 e. The fourth-order valence-electron chi connectivity index (χ4n) is 4.91. The average Bonchev–Trinajstić information content (AvgIpc) is 2.74. The summed E-state index contributed by atoms with van der Waals surface area (Å²) in [6.45, 7) is 8.07. The summed E-state index contributed by atoms with van der Waals surface area (Å²) < 4.78 is 11.2. The summed E-state index contributed by atoms with van der Waals surface area (Å²) in [5, 5.41) is 13.7. The minimum atomic E-state index is -0.545. The number of carbonyl (C=O) groups is 2. The Bertz CT molecular complexity index is 1040. The van der Waals surface area contributed by atoms with Gasteiger partial charge in [-0.1, -0.05) is 13.8 Å². The van der Waals surface area contributed by atoms with Crippen molar-refractivity contribution in [2.45, 2.75) is 39.5 Å². The number of benzene rings is 1. The summed E-state index contributed by atoms with van der Waals surface area (Å²) in [5.74, 6) is -0.338. The van der Waals surface area contributed by atoms with Crippen molar-refractivity contribution in [1.29, 1.82) is 0 Å². The van der Waals surface area contributed by atoms with Gasteiger partial charge < -0.3 is 24.8 Å². The van der Waals surface area contributed by atoms with Crippen LogP contribution in [-0.2, 0) is 14.3 Å². The predicted octanol–water partition coefficient (Wildman–Crippen LogP) is 3.63. The number of rotatable bonds is 3. The van der Waals surface area contributed by atoms with Crippen LogP contribution in [0.4, 0.5) is 0 Å². The molecule has 1 atom stereocenters. The first-order valence-corrected chi connectivity index (χ1v) is 11.6. The van der Waals surface area contributed by atoms with Crippen LogP contribution in [0, 0.1) is 5.41 Å². The number of carbonyl (C=O) groups excluding carboxylic acids is 2. The SMILES string of the molecule is COc1cc(C2C(C(=O)N3CCOCC3)=C(C)NC3=C2C(=O)CC(C)(C)C3)cc(Br)c1O. The van der Waals surface area contributed by atoms with Gasteiger partial charge in [0.2, 0.25) is 0 Å². The molecule has 1 fully saturated rings. The third kappa shape index (κ3) is 4.06. The molecule has 32 heavy (non-hydrogen) atoms. The molecular formula is C24H29BrN2O5. The molecule has 0 saturated carbocycles. The highest BCUT2D eigenvalue weighted by Crippen LogP contribution is 2.49. The largest absolute Gasteiger partial charge is 0.503 e. The van der Waals surface area contributed by atoms with Gasteiger partial charge in [-0.15, -0.1) is 0 Å². The lowest BCUT2D eigenvalue weighted by Gasteiger charge is -2.41. The Morgan fingerprint density at radius 2 is 1.97 bits per heavy atom. The average molecular weight is 505 g/mol. The van der Waals surface area contributed by atoms with Crippen LogP contribution in [0.25, 0.3) is 0 Å². The van der Waals surface area contributed by atoms with Gasteiger partial charge in [0.15, 0.2) is 17.3 Å². The third-order valence-corrected chi connectivity index (χ3v) is 6.98. The van der Waals surface area contributed by atoms with Crippen molar-refractivity contribution in [3.63, 3.8) is 0 Å². The number of nitrogens with zero attached hydrogens (tertiary/aromatic N) is 1. The Morgan fingerprint density at radius 1 is 1.28 bits per heavy atom.